The Hall–Kier alpha value is -1.71. The van der Waals surface area contributed by atoms with E-state index in [9.17, 15) is 4.79 Å². The summed E-state index contributed by atoms with van der Waals surface area (Å²) in [5, 5.41) is 9.07. The van der Waals surface area contributed by atoms with Crippen LogP contribution in [0.25, 0.3) is 0 Å². The third-order valence-electron chi connectivity index (χ3n) is 3.10. The lowest BCUT2D eigenvalue weighted by Crippen LogP contribution is -2.50. The summed E-state index contributed by atoms with van der Waals surface area (Å²) in [5.41, 5.74) is 2.07. The standard InChI is InChI=1S/C12H15NO3/c1-7-5-4-6-9-10(7)13(3)8(2)11(16-9)12(14)15/h4-6,8,11H,1-3H3,(H,14,15). The maximum absolute atomic E-state index is 11.1. The fourth-order valence-corrected chi connectivity index (χ4v) is 2.08. The van der Waals surface area contributed by atoms with Gasteiger partial charge in [0.05, 0.1) is 11.7 Å². The normalized spacial score (nSPS) is 23.6. The van der Waals surface area contributed by atoms with E-state index >= 15 is 0 Å². The Balaban J connectivity index is 2.48. The molecule has 86 valence electrons. The molecule has 1 aliphatic rings. The first-order valence-corrected chi connectivity index (χ1v) is 5.24. The number of aliphatic carboxylic acids is 1. The van der Waals surface area contributed by atoms with Crippen LogP contribution < -0.4 is 9.64 Å². The van der Waals surface area contributed by atoms with Crippen molar-refractivity contribution in [3.05, 3.63) is 23.8 Å². The molecular formula is C12H15NO3. The van der Waals surface area contributed by atoms with E-state index in [2.05, 4.69) is 0 Å². The second-order valence-corrected chi connectivity index (χ2v) is 4.15. The molecule has 0 aromatic heterocycles. The van der Waals surface area contributed by atoms with Crippen LogP contribution in [0.4, 0.5) is 5.69 Å². The van der Waals surface area contributed by atoms with Crippen molar-refractivity contribution in [3.8, 4) is 5.75 Å². The number of benzene rings is 1. The number of ether oxygens (including phenoxy) is 1. The number of fused-ring (bicyclic) bond motifs is 1. The predicted molar refractivity (Wildman–Crippen MR) is 61.1 cm³/mol. The molecule has 1 heterocycles. The molecule has 0 spiro atoms. The lowest BCUT2D eigenvalue weighted by Gasteiger charge is -2.38. The Labute approximate surface area is 94.4 Å². The van der Waals surface area contributed by atoms with Gasteiger partial charge in [-0.3, -0.25) is 0 Å². The summed E-state index contributed by atoms with van der Waals surface area (Å²) < 4.78 is 5.52. The molecule has 0 amide bonds. The molecule has 1 aromatic rings. The van der Waals surface area contributed by atoms with Crippen molar-refractivity contribution in [1.82, 2.24) is 0 Å². The number of anilines is 1. The van der Waals surface area contributed by atoms with E-state index in [1.807, 2.05) is 37.9 Å². The molecule has 2 rings (SSSR count). The van der Waals surface area contributed by atoms with Gasteiger partial charge >= 0.3 is 5.97 Å². The predicted octanol–water partition coefficient (Wildman–Crippen LogP) is 1.67. The van der Waals surface area contributed by atoms with Gasteiger partial charge in [0.15, 0.2) is 0 Å². The second kappa shape index (κ2) is 3.70. The number of carboxylic acid groups (broad SMARTS) is 1. The quantitative estimate of drug-likeness (QED) is 0.783. The fraction of sp³-hybridized carbons (Fsp3) is 0.417. The number of para-hydroxylation sites is 1. The van der Waals surface area contributed by atoms with E-state index < -0.39 is 12.1 Å². The summed E-state index contributed by atoms with van der Waals surface area (Å²) in [6.07, 6.45) is -0.806. The lowest BCUT2D eigenvalue weighted by atomic mass is 10.0. The molecule has 2 unspecified atom stereocenters. The minimum Gasteiger partial charge on any atom is -0.478 e. The van der Waals surface area contributed by atoms with Crippen LogP contribution in [0.3, 0.4) is 0 Å². The number of carbonyl (C=O) groups is 1. The molecule has 1 aliphatic heterocycles. The molecule has 0 bridgehead atoms. The van der Waals surface area contributed by atoms with Crippen LogP contribution in [0.15, 0.2) is 18.2 Å². The molecule has 16 heavy (non-hydrogen) atoms. The molecule has 2 atom stereocenters. The van der Waals surface area contributed by atoms with Gasteiger partial charge in [-0.1, -0.05) is 12.1 Å². The number of nitrogens with zero attached hydrogens (tertiary/aromatic N) is 1. The average molecular weight is 221 g/mol. The molecule has 0 saturated carbocycles. The number of carboxylic acids is 1. The molecule has 1 N–H and O–H groups in total. The van der Waals surface area contributed by atoms with Crippen molar-refractivity contribution < 1.29 is 14.6 Å². The summed E-state index contributed by atoms with van der Waals surface area (Å²) in [5.74, 6) is -0.278. The molecule has 4 heteroatoms. The van der Waals surface area contributed by atoms with Crippen LogP contribution in [-0.2, 0) is 4.79 Å². The van der Waals surface area contributed by atoms with Crippen LogP contribution in [-0.4, -0.2) is 30.3 Å². The van der Waals surface area contributed by atoms with Crippen LogP contribution in [0, 0.1) is 6.92 Å². The topological polar surface area (TPSA) is 49.8 Å². The summed E-state index contributed by atoms with van der Waals surface area (Å²) in [6, 6.07) is 5.50. The van der Waals surface area contributed by atoms with Crippen LogP contribution in [0.5, 0.6) is 5.75 Å². The van der Waals surface area contributed by atoms with Gasteiger partial charge in [-0.05, 0) is 25.5 Å². The number of hydrogen-bond donors (Lipinski definition) is 1. The van der Waals surface area contributed by atoms with E-state index in [4.69, 9.17) is 9.84 Å². The van der Waals surface area contributed by atoms with Gasteiger partial charge in [0.2, 0.25) is 6.10 Å². The molecule has 0 fully saturated rings. The van der Waals surface area contributed by atoms with Crippen molar-refractivity contribution >= 4 is 11.7 Å². The van der Waals surface area contributed by atoms with Crippen molar-refractivity contribution in [2.24, 2.45) is 0 Å². The van der Waals surface area contributed by atoms with Crippen LogP contribution in [0.1, 0.15) is 12.5 Å². The monoisotopic (exact) mass is 221 g/mol. The summed E-state index contributed by atoms with van der Waals surface area (Å²) in [6.45, 7) is 3.85. The van der Waals surface area contributed by atoms with Gasteiger partial charge in [-0.15, -0.1) is 0 Å². The smallest absolute Gasteiger partial charge is 0.347 e. The SMILES string of the molecule is Cc1cccc2c1N(C)C(C)C(C(=O)O)O2. The summed E-state index contributed by atoms with van der Waals surface area (Å²) >= 11 is 0. The Kier molecular flexibility index (Phi) is 2.50. The highest BCUT2D eigenvalue weighted by molar-refractivity contribution is 5.78. The number of hydrogen-bond acceptors (Lipinski definition) is 3. The van der Waals surface area contributed by atoms with Gasteiger partial charge in [0, 0.05) is 7.05 Å². The van der Waals surface area contributed by atoms with E-state index in [0.29, 0.717) is 5.75 Å². The van der Waals surface area contributed by atoms with Gasteiger partial charge in [-0.2, -0.15) is 0 Å². The number of likely N-dealkylation sites (N-methyl/N-ethyl adjacent to an activating group) is 1. The van der Waals surface area contributed by atoms with Crippen molar-refractivity contribution in [1.29, 1.82) is 0 Å². The summed E-state index contributed by atoms with van der Waals surface area (Å²) in [7, 11) is 1.90. The molecule has 4 nitrogen and oxygen atoms in total. The van der Waals surface area contributed by atoms with Crippen molar-refractivity contribution in [2.45, 2.75) is 26.0 Å². The maximum atomic E-state index is 11.1. The highest BCUT2D eigenvalue weighted by Gasteiger charge is 2.36. The Morgan fingerprint density at radius 1 is 1.50 bits per heavy atom. The second-order valence-electron chi connectivity index (χ2n) is 4.15. The van der Waals surface area contributed by atoms with Gasteiger partial charge in [0.1, 0.15) is 5.75 Å². The Morgan fingerprint density at radius 3 is 2.81 bits per heavy atom. The van der Waals surface area contributed by atoms with Crippen LogP contribution >= 0.6 is 0 Å². The third kappa shape index (κ3) is 1.50. The molecular weight excluding hydrogens is 206 g/mol. The minimum atomic E-state index is -0.925. The highest BCUT2D eigenvalue weighted by atomic mass is 16.5. The highest BCUT2D eigenvalue weighted by Crippen LogP contribution is 2.37. The molecule has 0 saturated heterocycles. The van der Waals surface area contributed by atoms with E-state index in [1.54, 1.807) is 6.07 Å². The lowest BCUT2D eigenvalue weighted by molar-refractivity contribution is -0.146. The fourth-order valence-electron chi connectivity index (χ4n) is 2.08. The zero-order chi connectivity index (χ0) is 11.9. The van der Waals surface area contributed by atoms with E-state index in [-0.39, 0.29) is 6.04 Å². The largest absolute Gasteiger partial charge is 0.478 e. The van der Waals surface area contributed by atoms with Crippen LogP contribution in [0.2, 0.25) is 0 Å². The zero-order valence-corrected chi connectivity index (χ0v) is 9.60. The first kappa shape index (κ1) is 10.8. The van der Waals surface area contributed by atoms with E-state index in [1.165, 1.54) is 0 Å². The molecule has 0 radical (unpaired) electrons. The van der Waals surface area contributed by atoms with Gasteiger partial charge < -0.3 is 14.7 Å². The van der Waals surface area contributed by atoms with Gasteiger partial charge in [-0.25, -0.2) is 4.79 Å². The maximum Gasteiger partial charge on any atom is 0.347 e. The Morgan fingerprint density at radius 2 is 2.19 bits per heavy atom. The first-order valence-electron chi connectivity index (χ1n) is 5.24. The van der Waals surface area contributed by atoms with Gasteiger partial charge in [0.25, 0.3) is 0 Å². The van der Waals surface area contributed by atoms with Crippen molar-refractivity contribution in [2.75, 3.05) is 11.9 Å². The molecule has 1 aromatic carbocycles. The first-order chi connectivity index (χ1) is 7.52. The minimum absolute atomic E-state index is 0.175. The average Bonchev–Trinajstić information content (AvgIpc) is 2.22. The number of aryl methyl sites for hydroxylation is 1. The number of rotatable bonds is 1. The zero-order valence-electron chi connectivity index (χ0n) is 9.60. The summed E-state index contributed by atoms with van der Waals surface area (Å²) in [4.78, 5) is 13.0. The molecule has 0 aliphatic carbocycles. The van der Waals surface area contributed by atoms with Crippen molar-refractivity contribution in [3.63, 3.8) is 0 Å². The third-order valence-corrected chi connectivity index (χ3v) is 3.10. The Bertz CT molecular complexity index is 430. The van der Waals surface area contributed by atoms with E-state index in [0.717, 1.165) is 11.3 Å².